The number of H-pyrrole nitrogens is 1. The van der Waals surface area contributed by atoms with Gasteiger partial charge < -0.3 is 5.32 Å². The summed E-state index contributed by atoms with van der Waals surface area (Å²) in [5.41, 5.74) is 2.23. The van der Waals surface area contributed by atoms with Crippen LogP contribution in [-0.4, -0.2) is 28.3 Å². The van der Waals surface area contributed by atoms with Gasteiger partial charge in [-0.3, -0.25) is 10.1 Å². The summed E-state index contributed by atoms with van der Waals surface area (Å²) in [6.07, 6.45) is 6.13. The van der Waals surface area contributed by atoms with E-state index in [1.165, 1.54) is 23.9 Å². The van der Waals surface area contributed by atoms with Gasteiger partial charge in [0.2, 0.25) is 0 Å². The van der Waals surface area contributed by atoms with E-state index in [4.69, 9.17) is 0 Å². The van der Waals surface area contributed by atoms with E-state index in [-0.39, 0.29) is 0 Å². The Morgan fingerprint density at radius 3 is 3.27 bits per heavy atom. The Morgan fingerprint density at radius 2 is 2.40 bits per heavy atom. The van der Waals surface area contributed by atoms with Crippen molar-refractivity contribution in [2.24, 2.45) is 0 Å². The first kappa shape index (κ1) is 8.85. The molecule has 15 heavy (non-hydrogen) atoms. The summed E-state index contributed by atoms with van der Waals surface area (Å²) in [6.45, 7) is 2.20. The number of nitrogens with zero attached hydrogens (tertiary/aromatic N) is 2. The van der Waals surface area contributed by atoms with Crippen molar-refractivity contribution in [2.75, 3.05) is 13.1 Å². The highest BCUT2D eigenvalue weighted by atomic mass is 15.1. The molecule has 1 saturated heterocycles. The minimum absolute atomic E-state index is 0.575. The lowest BCUT2D eigenvalue weighted by molar-refractivity contribution is 0.456. The summed E-state index contributed by atoms with van der Waals surface area (Å²) >= 11 is 0. The Morgan fingerprint density at radius 1 is 1.40 bits per heavy atom. The first-order valence-electron chi connectivity index (χ1n) is 5.44. The number of fused-ring (bicyclic) bond motifs is 1. The predicted octanol–water partition coefficient (Wildman–Crippen LogP) is 1.42. The fourth-order valence-corrected chi connectivity index (χ4v) is 2.29. The zero-order valence-corrected chi connectivity index (χ0v) is 8.53. The van der Waals surface area contributed by atoms with Crippen LogP contribution in [0.1, 0.15) is 24.5 Å². The third-order valence-corrected chi connectivity index (χ3v) is 3.09. The standard InChI is InChI=1S/C11H14N4/c1-2-8(6-12-4-1)11-9-3-5-13-7-10(9)14-15-11/h3,5,7-8,12H,1-2,4,6H2,(H,14,15). The molecule has 2 aromatic rings. The van der Waals surface area contributed by atoms with E-state index in [0.29, 0.717) is 5.92 Å². The van der Waals surface area contributed by atoms with Crippen LogP contribution in [0, 0.1) is 0 Å². The molecule has 3 rings (SSSR count). The average Bonchev–Trinajstić information content (AvgIpc) is 2.74. The molecule has 1 fully saturated rings. The Labute approximate surface area is 88.1 Å². The molecular weight excluding hydrogens is 188 g/mol. The molecule has 2 N–H and O–H groups in total. The molecule has 0 spiro atoms. The second-order valence-corrected chi connectivity index (χ2v) is 4.07. The van der Waals surface area contributed by atoms with E-state index >= 15 is 0 Å². The highest BCUT2D eigenvalue weighted by molar-refractivity contribution is 5.80. The maximum absolute atomic E-state index is 4.28. The van der Waals surface area contributed by atoms with Crippen molar-refractivity contribution in [3.63, 3.8) is 0 Å². The Kier molecular flexibility index (Phi) is 2.14. The van der Waals surface area contributed by atoms with Gasteiger partial charge in [0, 0.05) is 29.7 Å². The van der Waals surface area contributed by atoms with Crippen LogP contribution in [0.25, 0.3) is 10.9 Å². The molecule has 1 atom stereocenters. The maximum atomic E-state index is 4.28. The van der Waals surface area contributed by atoms with E-state index in [1.54, 1.807) is 0 Å². The molecule has 4 heteroatoms. The fraction of sp³-hybridized carbons (Fsp3) is 0.455. The number of pyridine rings is 1. The highest BCUT2D eigenvalue weighted by Crippen LogP contribution is 2.27. The van der Waals surface area contributed by atoms with Gasteiger partial charge in [-0.05, 0) is 25.5 Å². The van der Waals surface area contributed by atoms with Crippen LogP contribution < -0.4 is 5.32 Å². The lowest BCUT2D eigenvalue weighted by atomic mass is 9.94. The van der Waals surface area contributed by atoms with Gasteiger partial charge in [-0.15, -0.1) is 0 Å². The van der Waals surface area contributed by atoms with Crippen LogP contribution in [-0.2, 0) is 0 Å². The van der Waals surface area contributed by atoms with Gasteiger partial charge in [0.05, 0.1) is 6.20 Å². The van der Waals surface area contributed by atoms with E-state index in [1.807, 2.05) is 18.5 Å². The molecule has 1 aliphatic heterocycles. The zero-order chi connectivity index (χ0) is 10.1. The maximum Gasteiger partial charge on any atom is 0.111 e. The number of nitrogens with one attached hydrogen (secondary N) is 2. The highest BCUT2D eigenvalue weighted by Gasteiger charge is 2.19. The van der Waals surface area contributed by atoms with E-state index in [2.05, 4.69) is 20.5 Å². The van der Waals surface area contributed by atoms with Crippen molar-refractivity contribution < 1.29 is 0 Å². The van der Waals surface area contributed by atoms with Crippen molar-refractivity contribution >= 4 is 10.9 Å². The van der Waals surface area contributed by atoms with Crippen LogP contribution in [0.2, 0.25) is 0 Å². The van der Waals surface area contributed by atoms with Crippen LogP contribution in [0.4, 0.5) is 0 Å². The average molecular weight is 202 g/mol. The topological polar surface area (TPSA) is 53.6 Å². The quantitative estimate of drug-likeness (QED) is 0.735. The van der Waals surface area contributed by atoms with Crippen molar-refractivity contribution in [1.82, 2.24) is 20.5 Å². The van der Waals surface area contributed by atoms with Gasteiger partial charge in [-0.2, -0.15) is 5.10 Å². The van der Waals surface area contributed by atoms with Crippen LogP contribution in [0.3, 0.4) is 0 Å². The first-order valence-corrected chi connectivity index (χ1v) is 5.44. The first-order chi connectivity index (χ1) is 7.45. The van der Waals surface area contributed by atoms with Crippen LogP contribution >= 0.6 is 0 Å². The second kappa shape index (κ2) is 3.62. The Hall–Kier alpha value is -1.42. The summed E-state index contributed by atoms with van der Waals surface area (Å²) in [7, 11) is 0. The van der Waals surface area contributed by atoms with Gasteiger partial charge >= 0.3 is 0 Å². The molecule has 0 saturated carbocycles. The fourth-order valence-electron chi connectivity index (χ4n) is 2.29. The molecule has 78 valence electrons. The SMILES string of the molecule is c1cc2c(C3CCCNC3)[nH]nc2cn1. The molecule has 0 bridgehead atoms. The molecule has 3 heterocycles. The van der Waals surface area contributed by atoms with Crippen molar-refractivity contribution in [1.29, 1.82) is 0 Å². The van der Waals surface area contributed by atoms with Crippen LogP contribution in [0.15, 0.2) is 18.5 Å². The summed E-state index contributed by atoms with van der Waals surface area (Å²) in [5.74, 6) is 0.575. The van der Waals surface area contributed by atoms with E-state index in [0.717, 1.165) is 18.6 Å². The number of hydrogen-bond acceptors (Lipinski definition) is 3. The predicted molar refractivity (Wildman–Crippen MR) is 58.7 cm³/mol. The Balaban J connectivity index is 2.02. The van der Waals surface area contributed by atoms with Crippen molar-refractivity contribution in [2.45, 2.75) is 18.8 Å². The normalized spacial score (nSPS) is 22.0. The van der Waals surface area contributed by atoms with Crippen molar-refractivity contribution in [3.8, 4) is 0 Å². The number of rotatable bonds is 1. The second-order valence-electron chi connectivity index (χ2n) is 4.07. The number of hydrogen-bond donors (Lipinski definition) is 2. The smallest absolute Gasteiger partial charge is 0.111 e. The lowest BCUT2D eigenvalue weighted by Gasteiger charge is -2.21. The molecule has 1 aliphatic rings. The van der Waals surface area contributed by atoms with Gasteiger partial charge in [-0.1, -0.05) is 0 Å². The molecule has 1 unspecified atom stereocenters. The minimum Gasteiger partial charge on any atom is -0.316 e. The van der Waals surface area contributed by atoms with E-state index < -0.39 is 0 Å². The third kappa shape index (κ3) is 1.51. The molecule has 0 amide bonds. The number of aromatic nitrogens is 3. The van der Waals surface area contributed by atoms with Gasteiger partial charge in [-0.25, -0.2) is 0 Å². The van der Waals surface area contributed by atoms with Gasteiger partial charge in [0.15, 0.2) is 0 Å². The lowest BCUT2D eigenvalue weighted by Crippen LogP contribution is -2.28. The third-order valence-electron chi connectivity index (χ3n) is 3.09. The van der Waals surface area contributed by atoms with Crippen molar-refractivity contribution in [3.05, 3.63) is 24.2 Å². The van der Waals surface area contributed by atoms with E-state index in [9.17, 15) is 0 Å². The number of aromatic amines is 1. The van der Waals surface area contributed by atoms with Crippen LogP contribution in [0.5, 0.6) is 0 Å². The molecule has 0 aliphatic carbocycles. The molecule has 2 aromatic heterocycles. The summed E-state index contributed by atoms with van der Waals surface area (Å²) < 4.78 is 0. The monoisotopic (exact) mass is 202 g/mol. The summed E-state index contributed by atoms with van der Waals surface area (Å²) in [4.78, 5) is 4.07. The Bertz CT molecular complexity index is 456. The molecule has 0 radical (unpaired) electrons. The zero-order valence-electron chi connectivity index (χ0n) is 8.53. The van der Waals surface area contributed by atoms with Gasteiger partial charge in [0.25, 0.3) is 0 Å². The largest absolute Gasteiger partial charge is 0.316 e. The molecule has 0 aromatic carbocycles. The summed E-state index contributed by atoms with van der Waals surface area (Å²) in [5, 5.41) is 12.1. The summed E-state index contributed by atoms with van der Waals surface area (Å²) in [6, 6.07) is 2.04. The molecular formula is C11H14N4. The number of piperidine rings is 1. The van der Waals surface area contributed by atoms with Gasteiger partial charge in [0.1, 0.15) is 5.52 Å². The molecule has 4 nitrogen and oxygen atoms in total. The minimum atomic E-state index is 0.575.